The number of hydrogen-bond donors (Lipinski definition) is 2. The summed E-state index contributed by atoms with van der Waals surface area (Å²) in [5.74, 6) is 1.54. The summed E-state index contributed by atoms with van der Waals surface area (Å²) < 4.78 is 10.7. The van der Waals surface area contributed by atoms with E-state index in [4.69, 9.17) is 20.9 Å². The number of benzene rings is 2. The second-order valence-corrected chi connectivity index (χ2v) is 3.46. The lowest BCUT2D eigenvalue weighted by molar-refractivity contribution is 0.112. The van der Waals surface area contributed by atoms with Gasteiger partial charge in [-0.15, -0.1) is 0 Å². The van der Waals surface area contributed by atoms with Gasteiger partial charge in [0.15, 0.2) is 0 Å². The van der Waals surface area contributed by atoms with E-state index in [-0.39, 0.29) is 6.79 Å². The molecule has 0 amide bonds. The van der Waals surface area contributed by atoms with Crippen LogP contribution in [0, 0.1) is 0 Å². The Morgan fingerprint density at radius 1 is 0.800 bits per heavy atom. The Bertz CT molecular complexity index is 507. The van der Waals surface area contributed by atoms with Crippen LogP contribution in [0.4, 0.5) is 11.4 Å². The van der Waals surface area contributed by atoms with Crippen molar-refractivity contribution >= 4 is 22.1 Å². The predicted octanol–water partition coefficient (Wildman–Crippen LogP) is 1.73. The molecule has 0 aliphatic carbocycles. The molecule has 1 aliphatic rings. The number of rotatable bonds is 0. The topological polar surface area (TPSA) is 70.5 Å². The fourth-order valence-electron chi connectivity index (χ4n) is 1.88. The maximum atomic E-state index is 5.88. The van der Waals surface area contributed by atoms with E-state index in [1.54, 1.807) is 12.1 Å². The molecule has 4 nitrogen and oxygen atoms in total. The quantitative estimate of drug-likeness (QED) is 0.638. The molecular formula is C11H10N2O2. The lowest BCUT2D eigenvalue weighted by atomic mass is 10.0. The van der Waals surface area contributed by atoms with Gasteiger partial charge in [-0.1, -0.05) is 0 Å². The molecule has 4 N–H and O–H groups in total. The molecule has 1 heterocycles. The fraction of sp³-hybridized carbons (Fsp3) is 0.0909. The van der Waals surface area contributed by atoms with Crippen molar-refractivity contribution < 1.29 is 9.47 Å². The molecule has 4 heteroatoms. The van der Waals surface area contributed by atoms with Crippen molar-refractivity contribution in [2.45, 2.75) is 0 Å². The van der Waals surface area contributed by atoms with Crippen LogP contribution < -0.4 is 20.9 Å². The van der Waals surface area contributed by atoms with Crippen LogP contribution in [0.1, 0.15) is 0 Å². The van der Waals surface area contributed by atoms with Gasteiger partial charge in [-0.3, -0.25) is 0 Å². The molecule has 0 saturated carbocycles. The van der Waals surface area contributed by atoms with Crippen LogP contribution in [0.15, 0.2) is 24.3 Å². The van der Waals surface area contributed by atoms with E-state index < -0.39 is 0 Å². The van der Waals surface area contributed by atoms with E-state index in [0.717, 1.165) is 22.3 Å². The predicted molar refractivity (Wildman–Crippen MR) is 58.9 cm³/mol. The van der Waals surface area contributed by atoms with Crippen molar-refractivity contribution in [1.82, 2.24) is 0 Å². The van der Waals surface area contributed by atoms with Gasteiger partial charge in [-0.2, -0.15) is 0 Å². The Balaban J connectivity index is 2.54. The normalized spacial score (nSPS) is 13.3. The lowest BCUT2D eigenvalue weighted by Crippen LogP contribution is -2.11. The van der Waals surface area contributed by atoms with E-state index in [0.29, 0.717) is 11.4 Å². The molecule has 0 saturated heterocycles. The molecule has 3 rings (SSSR count). The first-order valence-electron chi connectivity index (χ1n) is 4.63. The monoisotopic (exact) mass is 202 g/mol. The zero-order valence-corrected chi connectivity index (χ0v) is 7.99. The molecule has 1 aliphatic heterocycles. The summed E-state index contributed by atoms with van der Waals surface area (Å²) >= 11 is 0. The number of nitrogens with two attached hydrogens (primary N) is 2. The van der Waals surface area contributed by atoms with Crippen LogP contribution in [0.3, 0.4) is 0 Å². The van der Waals surface area contributed by atoms with Gasteiger partial charge in [0, 0.05) is 16.8 Å². The first-order valence-corrected chi connectivity index (χ1v) is 4.63. The first kappa shape index (κ1) is 8.23. The maximum absolute atomic E-state index is 5.88. The molecule has 0 fully saturated rings. The summed E-state index contributed by atoms with van der Waals surface area (Å²) in [4.78, 5) is 0. The van der Waals surface area contributed by atoms with E-state index in [9.17, 15) is 0 Å². The minimum Gasteiger partial charge on any atom is -0.457 e. The van der Waals surface area contributed by atoms with E-state index in [1.807, 2.05) is 12.1 Å². The van der Waals surface area contributed by atoms with Crippen molar-refractivity contribution in [3.05, 3.63) is 24.3 Å². The Labute approximate surface area is 86.4 Å². The standard InChI is InChI=1S/C11H10N2O2/c12-6-1-3-8-11-9(15-5-14-8)4-2-7(13)10(6)11/h1-4H,5,12-13H2. The molecule has 2 aromatic carbocycles. The molecule has 2 aromatic rings. The number of nitrogen functional groups attached to an aromatic ring is 2. The van der Waals surface area contributed by atoms with Gasteiger partial charge in [0.05, 0.1) is 5.39 Å². The van der Waals surface area contributed by atoms with Gasteiger partial charge in [-0.25, -0.2) is 0 Å². The number of ether oxygens (including phenoxy) is 2. The lowest BCUT2D eigenvalue weighted by Gasteiger charge is -2.20. The molecule has 0 atom stereocenters. The molecule has 76 valence electrons. The van der Waals surface area contributed by atoms with Gasteiger partial charge in [-0.05, 0) is 24.3 Å². The molecular weight excluding hydrogens is 192 g/mol. The Morgan fingerprint density at radius 3 is 1.87 bits per heavy atom. The minimum atomic E-state index is 0.232. The largest absolute Gasteiger partial charge is 0.457 e. The molecule has 0 radical (unpaired) electrons. The van der Waals surface area contributed by atoms with Crippen LogP contribution in [0.5, 0.6) is 11.5 Å². The van der Waals surface area contributed by atoms with Gasteiger partial charge >= 0.3 is 0 Å². The van der Waals surface area contributed by atoms with Crippen LogP contribution in [-0.4, -0.2) is 6.79 Å². The van der Waals surface area contributed by atoms with Crippen molar-refractivity contribution in [1.29, 1.82) is 0 Å². The minimum absolute atomic E-state index is 0.232. The van der Waals surface area contributed by atoms with Gasteiger partial charge in [0.1, 0.15) is 11.5 Å². The van der Waals surface area contributed by atoms with Gasteiger partial charge in [0.25, 0.3) is 0 Å². The van der Waals surface area contributed by atoms with E-state index in [1.165, 1.54) is 0 Å². The van der Waals surface area contributed by atoms with E-state index >= 15 is 0 Å². The summed E-state index contributed by atoms with van der Waals surface area (Å²) in [5, 5.41) is 1.67. The Morgan fingerprint density at radius 2 is 1.33 bits per heavy atom. The fourth-order valence-corrected chi connectivity index (χ4v) is 1.88. The highest BCUT2D eigenvalue weighted by Gasteiger charge is 2.17. The third-order valence-corrected chi connectivity index (χ3v) is 2.58. The van der Waals surface area contributed by atoms with Crippen molar-refractivity contribution in [2.24, 2.45) is 0 Å². The third-order valence-electron chi connectivity index (χ3n) is 2.58. The average Bonchev–Trinajstić information content (AvgIpc) is 2.25. The van der Waals surface area contributed by atoms with Crippen LogP contribution in [0.2, 0.25) is 0 Å². The highest BCUT2D eigenvalue weighted by atomic mass is 16.7. The molecule has 15 heavy (non-hydrogen) atoms. The third kappa shape index (κ3) is 1.01. The highest BCUT2D eigenvalue weighted by Crippen LogP contribution is 2.42. The summed E-state index contributed by atoms with van der Waals surface area (Å²) in [6, 6.07) is 7.26. The van der Waals surface area contributed by atoms with Crippen molar-refractivity contribution in [3.63, 3.8) is 0 Å². The summed E-state index contributed by atoms with van der Waals surface area (Å²) in [6.45, 7) is 0.232. The van der Waals surface area contributed by atoms with Gasteiger partial charge < -0.3 is 20.9 Å². The molecule has 0 aromatic heterocycles. The Hall–Kier alpha value is -2.10. The first-order chi connectivity index (χ1) is 7.27. The molecule has 0 unspecified atom stereocenters. The van der Waals surface area contributed by atoms with E-state index in [2.05, 4.69) is 0 Å². The second kappa shape index (κ2) is 2.70. The number of anilines is 2. The molecule has 0 spiro atoms. The number of hydrogen-bond acceptors (Lipinski definition) is 4. The summed E-state index contributed by atoms with van der Waals surface area (Å²) in [7, 11) is 0. The zero-order valence-electron chi connectivity index (χ0n) is 7.99. The highest BCUT2D eigenvalue weighted by molar-refractivity contribution is 6.08. The second-order valence-electron chi connectivity index (χ2n) is 3.46. The van der Waals surface area contributed by atoms with Crippen molar-refractivity contribution in [3.8, 4) is 11.5 Å². The van der Waals surface area contributed by atoms with Crippen molar-refractivity contribution in [2.75, 3.05) is 18.3 Å². The Kier molecular flexibility index (Phi) is 1.48. The smallest absolute Gasteiger partial charge is 0.230 e. The van der Waals surface area contributed by atoms with Crippen LogP contribution in [0.25, 0.3) is 10.8 Å². The summed E-state index contributed by atoms with van der Waals surface area (Å²) in [6.07, 6.45) is 0. The molecule has 0 bridgehead atoms. The SMILES string of the molecule is Nc1ccc2c3c(ccc(N)c13)OCO2. The van der Waals surface area contributed by atoms with Gasteiger partial charge in [0.2, 0.25) is 6.79 Å². The maximum Gasteiger partial charge on any atom is 0.230 e. The van der Waals surface area contributed by atoms with Crippen LogP contribution in [-0.2, 0) is 0 Å². The van der Waals surface area contributed by atoms with Crippen LogP contribution >= 0.6 is 0 Å². The average molecular weight is 202 g/mol. The zero-order chi connectivity index (χ0) is 10.4. The summed E-state index contributed by atoms with van der Waals surface area (Å²) in [5.41, 5.74) is 13.0.